The van der Waals surface area contributed by atoms with Crippen molar-refractivity contribution in [3.8, 4) is 0 Å². The van der Waals surface area contributed by atoms with E-state index in [1.54, 1.807) is 0 Å². The Labute approximate surface area is 102 Å². The molecule has 0 amide bonds. The van der Waals surface area contributed by atoms with Gasteiger partial charge < -0.3 is 15.7 Å². The van der Waals surface area contributed by atoms with Crippen LogP contribution < -0.4 is 10.6 Å². The molecule has 4 nitrogen and oxygen atoms in total. The molecule has 0 saturated heterocycles. The van der Waals surface area contributed by atoms with E-state index < -0.39 is 12.0 Å². The fourth-order valence-electron chi connectivity index (χ4n) is 1.64. The monoisotopic (exact) mass is 236 g/mol. The zero-order chi connectivity index (χ0) is 12.8. The number of hydrogen-bond donors (Lipinski definition) is 2. The average Bonchev–Trinajstić information content (AvgIpc) is 2.31. The lowest BCUT2D eigenvalue weighted by Crippen LogP contribution is -2.35. The molecule has 17 heavy (non-hydrogen) atoms. The minimum atomic E-state index is -0.940. The molecule has 0 bridgehead atoms. The Balaban J connectivity index is 2.60. The van der Waals surface area contributed by atoms with Gasteiger partial charge in [-0.05, 0) is 32.4 Å². The lowest BCUT2D eigenvalue weighted by Gasteiger charge is -2.24. The van der Waals surface area contributed by atoms with Gasteiger partial charge in [-0.15, -0.1) is 0 Å². The van der Waals surface area contributed by atoms with Gasteiger partial charge in [0, 0.05) is 18.8 Å². The molecule has 1 atom stereocenters. The van der Waals surface area contributed by atoms with Crippen LogP contribution in [0.4, 0.5) is 5.69 Å². The van der Waals surface area contributed by atoms with Crippen molar-refractivity contribution in [2.24, 2.45) is 5.73 Å². The highest BCUT2D eigenvalue weighted by Gasteiger charge is 2.13. The summed E-state index contributed by atoms with van der Waals surface area (Å²) in [5.41, 5.74) is 7.82. The predicted octanol–water partition coefficient (Wildman–Crippen LogP) is 1.62. The van der Waals surface area contributed by atoms with Crippen molar-refractivity contribution in [1.29, 1.82) is 0 Å². The number of benzene rings is 1. The number of rotatable bonds is 6. The summed E-state index contributed by atoms with van der Waals surface area (Å²) in [6.07, 6.45) is 0.455. The molecule has 0 aliphatic carbocycles. The molecule has 3 N–H and O–H groups in total. The van der Waals surface area contributed by atoms with Crippen LogP contribution in [0, 0.1) is 6.92 Å². The van der Waals surface area contributed by atoms with Gasteiger partial charge in [-0.25, -0.2) is 0 Å². The van der Waals surface area contributed by atoms with Crippen molar-refractivity contribution in [1.82, 2.24) is 0 Å². The van der Waals surface area contributed by atoms with E-state index in [2.05, 4.69) is 17.0 Å². The first kappa shape index (κ1) is 13.5. The Morgan fingerprint density at radius 2 is 2.00 bits per heavy atom. The molecule has 0 fully saturated rings. The average molecular weight is 236 g/mol. The first-order chi connectivity index (χ1) is 8.04. The molecule has 1 unspecified atom stereocenters. The summed E-state index contributed by atoms with van der Waals surface area (Å²) in [5, 5.41) is 8.73. The van der Waals surface area contributed by atoms with E-state index in [0.29, 0.717) is 13.0 Å². The summed E-state index contributed by atoms with van der Waals surface area (Å²) >= 11 is 0. The molecule has 1 rings (SSSR count). The summed E-state index contributed by atoms with van der Waals surface area (Å²) in [6, 6.07) is 7.41. The summed E-state index contributed by atoms with van der Waals surface area (Å²) in [6.45, 7) is 5.59. The highest BCUT2D eigenvalue weighted by Crippen LogP contribution is 2.15. The highest BCUT2D eigenvalue weighted by molar-refractivity contribution is 5.73. The van der Waals surface area contributed by atoms with Crippen LogP contribution in [0.2, 0.25) is 0 Å². The van der Waals surface area contributed by atoms with Crippen molar-refractivity contribution < 1.29 is 9.90 Å². The van der Waals surface area contributed by atoms with Crippen molar-refractivity contribution in [3.05, 3.63) is 29.8 Å². The molecule has 94 valence electrons. The maximum absolute atomic E-state index is 10.6. The van der Waals surface area contributed by atoms with Crippen LogP contribution in [0.25, 0.3) is 0 Å². The van der Waals surface area contributed by atoms with Gasteiger partial charge >= 0.3 is 5.97 Å². The third kappa shape index (κ3) is 4.07. The number of carboxylic acid groups (broad SMARTS) is 1. The second-order valence-corrected chi connectivity index (χ2v) is 4.15. The van der Waals surface area contributed by atoms with Gasteiger partial charge in [-0.3, -0.25) is 4.79 Å². The van der Waals surface area contributed by atoms with Crippen LogP contribution in [0.15, 0.2) is 24.3 Å². The first-order valence-corrected chi connectivity index (χ1v) is 5.84. The van der Waals surface area contributed by atoms with Gasteiger partial charge in [0.05, 0.1) is 0 Å². The van der Waals surface area contributed by atoms with Crippen molar-refractivity contribution in [2.75, 3.05) is 18.0 Å². The number of anilines is 1. The topological polar surface area (TPSA) is 66.6 Å². The van der Waals surface area contributed by atoms with E-state index in [-0.39, 0.29) is 0 Å². The standard InChI is InChI=1S/C13H20N2O2/c1-3-15(9-8-12(14)13(16)17)11-6-4-10(2)5-7-11/h4-7,12H,3,8-9,14H2,1-2H3,(H,16,17). The van der Waals surface area contributed by atoms with Crippen LogP contribution in [0.3, 0.4) is 0 Å². The van der Waals surface area contributed by atoms with Crippen molar-refractivity contribution >= 4 is 11.7 Å². The maximum Gasteiger partial charge on any atom is 0.320 e. The van der Waals surface area contributed by atoms with E-state index in [9.17, 15) is 4.79 Å². The molecule has 0 aliphatic heterocycles. The summed E-state index contributed by atoms with van der Waals surface area (Å²) in [4.78, 5) is 12.8. The van der Waals surface area contributed by atoms with Crippen LogP contribution in [0.5, 0.6) is 0 Å². The van der Waals surface area contributed by atoms with Gasteiger partial charge in [-0.1, -0.05) is 17.7 Å². The van der Waals surface area contributed by atoms with E-state index in [1.807, 2.05) is 26.0 Å². The van der Waals surface area contributed by atoms with Crippen LogP contribution in [-0.4, -0.2) is 30.2 Å². The summed E-state index contributed by atoms with van der Waals surface area (Å²) in [5.74, 6) is -0.940. The second-order valence-electron chi connectivity index (χ2n) is 4.15. The minimum Gasteiger partial charge on any atom is -0.480 e. The van der Waals surface area contributed by atoms with E-state index >= 15 is 0 Å². The molecule has 1 aromatic carbocycles. The molecule has 0 heterocycles. The fourth-order valence-corrected chi connectivity index (χ4v) is 1.64. The van der Waals surface area contributed by atoms with Gasteiger partial charge in [0.25, 0.3) is 0 Å². The number of aryl methyl sites for hydroxylation is 1. The third-order valence-corrected chi connectivity index (χ3v) is 2.81. The molecule has 0 aromatic heterocycles. The van der Waals surface area contributed by atoms with Crippen LogP contribution >= 0.6 is 0 Å². The zero-order valence-electron chi connectivity index (χ0n) is 10.4. The lowest BCUT2D eigenvalue weighted by molar-refractivity contribution is -0.138. The molecule has 0 saturated carbocycles. The van der Waals surface area contributed by atoms with Gasteiger partial charge in [0.1, 0.15) is 6.04 Å². The van der Waals surface area contributed by atoms with E-state index in [4.69, 9.17) is 10.8 Å². The molecule has 1 aromatic rings. The maximum atomic E-state index is 10.6. The molecular weight excluding hydrogens is 216 g/mol. The minimum absolute atomic E-state index is 0.455. The van der Waals surface area contributed by atoms with Gasteiger partial charge in [0.2, 0.25) is 0 Å². The Morgan fingerprint density at radius 1 is 1.41 bits per heavy atom. The highest BCUT2D eigenvalue weighted by atomic mass is 16.4. The van der Waals surface area contributed by atoms with E-state index in [0.717, 1.165) is 12.2 Å². The molecule has 0 radical (unpaired) electrons. The Morgan fingerprint density at radius 3 is 2.47 bits per heavy atom. The smallest absolute Gasteiger partial charge is 0.320 e. The van der Waals surface area contributed by atoms with Crippen LogP contribution in [-0.2, 0) is 4.79 Å². The Bertz CT molecular complexity index is 362. The Kier molecular flexibility index (Phi) is 4.97. The number of nitrogens with two attached hydrogens (primary N) is 1. The summed E-state index contributed by atoms with van der Waals surface area (Å²) in [7, 11) is 0. The fraction of sp³-hybridized carbons (Fsp3) is 0.462. The van der Waals surface area contributed by atoms with Gasteiger partial charge in [0.15, 0.2) is 0 Å². The van der Waals surface area contributed by atoms with Crippen LogP contribution in [0.1, 0.15) is 18.9 Å². The number of aliphatic carboxylic acids is 1. The predicted molar refractivity (Wildman–Crippen MR) is 69.3 cm³/mol. The molecular formula is C13H20N2O2. The number of hydrogen-bond acceptors (Lipinski definition) is 3. The summed E-state index contributed by atoms with van der Waals surface area (Å²) < 4.78 is 0. The van der Waals surface area contributed by atoms with E-state index in [1.165, 1.54) is 5.56 Å². The number of nitrogens with zero attached hydrogens (tertiary/aromatic N) is 1. The molecule has 4 heteroatoms. The molecule has 0 aliphatic rings. The second kappa shape index (κ2) is 6.25. The van der Waals surface area contributed by atoms with Crippen molar-refractivity contribution in [2.45, 2.75) is 26.3 Å². The lowest BCUT2D eigenvalue weighted by atomic mass is 10.2. The number of carbonyl (C=O) groups is 1. The number of carboxylic acids is 1. The SMILES string of the molecule is CCN(CCC(N)C(=O)O)c1ccc(C)cc1. The zero-order valence-corrected chi connectivity index (χ0v) is 10.4. The Hall–Kier alpha value is -1.55. The normalized spacial score (nSPS) is 12.2. The van der Waals surface area contributed by atoms with Crippen molar-refractivity contribution in [3.63, 3.8) is 0 Å². The molecule has 0 spiro atoms. The third-order valence-electron chi connectivity index (χ3n) is 2.81. The van der Waals surface area contributed by atoms with Gasteiger partial charge in [-0.2, -0.15) is 0 Å². The largest absolute Gasteiger partial charge is 0.480 e. The quantitative estimate of drug-likeness (QED) is 0.787. The first-order valence-electron chi connectivity index (χ1n) is 5.84.